The van der Waals surface area contributed by atoms with Crippen LogP contribution in [0.4, 0.5) is 0 Å². The van der Waals surface area contributed by atoms with Gasteiger partial charge in [-0.1, -0.05) is 38.6 Å². The Kier molecular flexibility index (Phi) is 4.92. The Morgan fingerprint density at radius 3 is 2.76 bits per heavy atom. The van der Waals surface area contributed by atoms with Crippen LogP contribution in [0.5, 0.6) is 0 Å². The van der Waals surface area contributed by atoms with Gasteiger partial charge in [0, 0.05) is 36.6 Å². The van der Waals surface area contributed by atoms with Gasteiger partial charge in [0.1, 0.15) is 5.69 Å². The quantitative estimate of drug-likeness (QED) is 0.829. The summed E-state index contributed by atoms with van der Waals surface area (Å²) < 4.78 is 1.93. The first kappa shape index (κ1) is 18.0. The molecule has 2 aromatic rings. The molecule has 1 N–H and O–H groups in total. The molecule has 25 heavy (non-hydrogen) atoms. The van der Waals surface area contributed by atoms with Crippen LogP contribution in [0.2, 0.25) is 0 Å². The Hall–Kier alpha value is -1.81. The van der Waals surface area contributed by atoms with Crippen molar-refractivity contribution in [2.24, 2.45) is 7.05 Å². The first-order valence-electron chi connectivity index (χ1n) is 9.65. The van der Waals surface area contributed by atoms with E-state index in [2.05, 4.69) is 53.9 Å². The van der Waals surface area contributed by atoms with Crippen LogP contribution < -0.4 is 5.32 Å². The number of aryl methyl sites for hydroxylation is 1. The Bertz CT molecular complexity index is 762. The zero-order valence-corrected chi connectivity index (χ0v) is 16.3. The highest BCUT2D eigenvalue weighted by Crippen LogP contribution is 2.54. The summed E-state index contributed by atoms with van der Waals surface area (Å²) >= 11 is 0. The number of hydrogen-bond acceptors (Lipinski definition) is 3. The van der Waals surface area contributed by atoms with E-state index in [-0.39, 0.29) is 0 Å². The van der Waals surface area contributed by atoms with Gasteiger partial charge in [-0.15, -0.1) is 0 Å². The van der Waals surface area contributed by atoms with Crippen LogP contribution in [0.25, 0.3) is 16.6 Å². The third-order valence-electron chi connectivity index (χ3n) is 5.92. The lowest BCUT2D eigenvalue weighted by Crippen LogP contribution is -2.20. The fourth-order valence-corrected chi connectivity index (χ4v) is 4.61. The van der Waals surface area contributed by atoms with Crippen molar-refractivity contribution >= 4 is 16.6 Å². The normalized spacial score (nSPS) is 29.7. The molecule has 0 spiro atoms. The second kappa shape index (κ2) is 6.83. The van der Waals surface area contributed by atoms with Crippen LogP contribution >= 0.6 is 0 Å². The minimum absolute atomic E-state index is 0.472. The van der Waals surface area contributed by atoms with Gasteiger partial charge in [-0.05, 0) is 39.2 Å². The zero-order valence-electron chi connectivity index (χ0n) is 16.3. The number of benzene rings is 1. The largest absolute Gasteiger partial charge is 0.384 e. The van der Waals surface area contributed by atoms with Gasteiger partial charge in [-0.2, -0.15) is 5.10 Å². The topological polar surface area (TPSA) is 32.9 Å². The van der Waals surface area contributed by atoms with E-state index in [9.17, 15) is 0 Å². The monoisotopic (exact) mass is 340 g/mol. The summed E-state index contributed by atoms with van der Waals surface area (Å²) in [6.45, 7) is 14.0. The van der Waals surface area contributed by atoms with Gasteiger partial charge in [0.05, 0.1) is 11.2 Å². The minimum Gasteiger partial charge on any atom is -0.384 e. The van der Waals surface area contributed by atoms with Gasteiger partial charge in [-0.3, -0.25) is 9.58 Å². The summed E-state index contributed by atoms with van der Waals surface area (Å²) in [6.07, 6.45) is 3.89. The lowest BCUT2D eigenvalue weighted by atomic mass is 9.99. The predicted octanol–water partition coefficient (Wildman–Crippen LogP) is 4.18. The van der Waals surface area contributed by atoms with Crippen LogP contribution in [0, 0.1) is 0 Å². The number of aromatic nitrogens is 2. The molecule has 1 aromatic carbocycles. The van der Waals surface area contributed by atoms with E-state index >= 15 is 0 Å². The predicted molar refractivity (Wildman–Crippen MR) is 106 cm³/mol. The van der Waals surface area contributed by atoms with Crippen molar-refractivity contribution in [2.75, 3.05) is 6.54 Å². The van der Waals surface area contributed by atoms with Crippen molar-refractivity contribution in [1.29, 1.82) is 0 Å². The molecule has 1 aromatic heterocycles. The van der Waals surface area contributed by atoms with Crippen molar-refractivity contribution in [2.45, 2.75) is 64.6 Å². The van der Waals surface area contributed by atoms with Crippen molar-refractivity contribution in [3.05, 3.63) is 36.5 Å². The molecular formula is C21H32N4. The van der Waals surface area contributed by atoms with Crippen LogP contribution in [-0.4, -0.2) is 38.8 Å². The molecule has 4 heteroatoms. The lowest BCUT2D eigenvalue weighted by molar-refractivity contribution is 0.395. The molecule has 2 aliphatic rings. The smallest absolute Gasteiger partial charge is 0.115 e. The maximum atomic E-state index is 4.63. The first-order chi connectivity index (χ1) is 12.0. The van der Waals surface area contributed by atoms with Gasteiger partial charge in [0.15, 0.2) is 0 Å². The maximum Gasteiger partial charge on any atom is 0.115 e. The van der Waals surface area contributed by atoms with Gasteiger partial charge in [0.25, 0.3) is 0 Å². The Morgan fingerprint density at radius 2 is 2.08 bits per heavy atom. The van der Waals surface area contributed by atoms with Crippen LogP contribution in [0.1, 0.15) is 52.7 Å². The highest BCUT2D eigenvalue weighted by atomic mass is 15.4. The summed E-state index contributed by atoms with van der Waals surface area (Å²) in [5.41, 5.74) is 3.52. The Morgan fingerprint density at radius 1 is 1.36 bits per heavy atom. The summed E-state index contributed by atoms with van der Waals surface area (Å²) in [5, 5.41) is 9.30. The highest BCUT2D eigenvalue weighted by molar-refractivity contribution is 5.89. The molecule has 4 rings (SSSR count). The molecule has 0 aliphatic carbocycles. The molecule has 0 amide bonds. The molecule has 3 heterocycles. The number of fused-ring (bicyclic) bond motifs is 2. The SMILES string of the molecule is C=C(NCCC1N2C(C)CCC12C)c1nn(C)c2ccccc12.CC. The van der Waals surface area contributed by atoms with Gasteiger partial charge in [-0.25, -0.2) is 0 Å². The van der Waals surface area contributed by atoms with Gasteiger partial charge < -0.3 is 5.32 Å². The van der Waals surface area contributed by atoms with E-state index < -0.39 is 0 Å². The van der Waals surface area contributed by atoms with Gasteiger partial charge >= 0.3 is 0 Å². The van der Waals surface area contributed by atoms with E-state index in [0.29, 0.717) is 5.54 Å². The summed E-state index contributed by atoms with van der Waals surface area (Å²) in [6, 6.07) is 9.82. The first-order valence-corrected chi connectivity index (χ1v) is 9.65. The molecule has 0 bridgehead atoms. The van der Waals surface area contributed by atoms with E-state index in [4.69, 9.17) is 0 Å². The van der Waals surface area contributed by atoms with Crippen molar-refractivity contribution in [1.82, 2.24) is 20.0 Å². The molecule has 2 saturated heterocycles. The summed E-state index contributed by atoms with van der Waals surface area (Å²) in [4.78, 5) is 2.69. The molecular weight excluding hydrogens is 308 g/mol. The maximum absolute atomic E-state index is 4.63. The molecule has 2 fully saturated rings. The third-order valence-corrected chi connectivity index (χ3v) is 5.92. The highest BCUT2D eigenvalue weighted by Gasteiger charge is 2.63. The molecule has 4 atom stereocenters. The zero-order chi connectivity index (χ0) is 18.2. The van der Waals surface area contributed by atoms with E-state index in [1.807, 2.05) is 31.6 Å². The fraction of sp³-hybridized carbons (Fsp3) is 0.571. The van der Waals surface area contributed by atoms with Crippen molar-refractivity contribution in [3.8, 4) is 0 Å². The molecule has 2 aliphatic heterocycles. The number of hydrogen-bond donors (Lipinski definition) is 1. The van der Waals surface area contributed by atoms with Gasteiger partial charge in [0.2, 0.25) is 0 Å². The van der Waals surface area contributed by atoms with Crippen molar-refractivity contribution < 1.29 is 0 Å². The summed E-state index contributed by atoms with van der Waals surface area (Å²) in [7, 11) is 1.99. The standard InChI is InChI=1S/C19H26N4.C2H6/c1-13-9-11-19(3)17(23(13)19)10-12-20-14(2)18-15-7-5-6-8-16(15)22(4)21-18;1-2/h5-8,13,17,20H,2,9-12H2,1,3-4H3;1-2H3. The van der Waals surface area contributed by atoms with E-state index in [0.717, 1.165) is 35.5 Å². The van der Waals surface area contributed by atoms with Crippen molar-refractivity contribution in [3.63, 3.8) is 0 Å². The average Bonchev–Trinajstić information content (AvgIpc) is 2.88. The number of nitrogens with zero attached hydrogens (tertiary/aromatic N) is 3. The van der Waals surface area contributed by atoms with Crippen LogP contribution in [0.15, 0.2) is 30.8 Å². The Labute approximate surface area is 151 Å². The molecule has 4 unspecified atom stereocenters. The number of piperidine rings is 1. The number of nitrogens with one attached hydrogen (secondary N) is 1. The van der Waals surface area contributed by atoms with Crippen LogP contribution in [0.3, 0.4) is 0 Å². The minimum atomic E-state index is 0.472. The number of para-hydroxylation sites is 1. The molecule has 0 radical (unpaired) electrons. The summed E-state index contributed by atoms with van der Waals surface area (Å²) in [5.74, 6) is 0. The molecule has 4 nitrogen and oxygen atoms in total. The third kappa shape index (κ3) is 2.97. The molecule has 136 valence electrons. The second-order valence-corrected chi connectivity index (χ2v) is 7.35. The van der Waals surface area contributed by atoms with E-state index in [1.165, 1.54) is 24.6 Å². The molecule has 0 saturated carbocycles. The number of rotatable bonds is 5. The second-order valence-electron chi connectivity index (χ2n) is 7.35. The fourth-order valence-electron chi connectivity index (χ4n) is 4.61. The lowest BCUT2D eigenvalue weighted by Gasteiger charge is -2.12. The Balaban J connectivity index is 0.000000880. The average molecular weight is 341 g/mol. The van der Waals surface area contributed by atoms with E-state index in [1.54, 1.807) is 0 Å². The van der Waals surface area contributed by atoms with Crippen LogP contribution in [-0.2, 0) is 7.05 Å².